The van der Waals surface area contributed by atoms with E-state index in [0.717, 1.165) is 37.1 Å². The van der Waals surface area contributed by atoms with Gasteiger partial charge in [0.1, 0.15) is 11.0 Å². The predicted molar refractivity (Wildman–Crippen MR) is 70.8 cm³/mol. The summed E-state index contributed by atoms with van der Waals surface area (Å²) in [5, 5.41) is 0.502. The van der Waals surface area contributed by atoms with E-state index < -0.39 is 0 Å². The maximum atomic E-state index is 6.08. The Hall–Kier alpha value is -0.830. The molecule has 0 fully saturated rings. The monoisotopic (exact) mass is 256 g/mol. The summed E-state index contributed by atoms with van der Waals surface area (Å²) in [5.41, 5.74) is 0.828. The molecular weight excluding hydrogens is 236 g/mol. The van der Waals surface area contributed by atoms with Gasteiger partial charge in [-0.05, 0) is 26.7 Å². The van der Waals surface area contributed by atoms with Gasteiger partial charge in [-0.25, -0.2) is 4.98 Å². The van der Waals surface area contributed by atoms with Crippen LogP contribution in [0.1, 0.15) is 51.4 Å². The van der Waals surface area contributed by atoms with Crippen LogP contribution in [0.25, 0.3) is 0 Å². The summed E-state index contributed by atoms with van der Waals surface area (Å²) in [5.74, 6) is 1.40. The van der Waals surface area contributed by atoms with E-state index in [2.05, 4.69) is 30.7 Å². The third-order valence-electron chi connectivity index (χ3n) is 2.57. The highest BCUT2D eigenvalue weighted by molar-refractivity contribution is 6.30. The van der Waals surface area contributed by atoms with Crippen LogP contribution in [0, 0.1) is 6.92 Å². The highest BCUT2D eigenvalue weighted by Gasteiger charge is 2.12. The summed E-state index contributed by atoms with van der Waals surface area (Å²) in [6.45, 7) is 8.18. The Morgan fingerprint density at radius 1 is 1.24 bits per heavy atom. The second-order valence-electron chi connectivity index (χ2n) is 4.33. The van der Waals surface area contributed by atoms with Crippen molar-refractivity contribution in [2.75, 3.05) is 0 Å². The molecule has 96 valence electrons. The highest BCUT2D eigenvalue weighted by atomic mass is 35.5. The summed E-state index contributed by atoms with van der Waals surface area (Å²) in [6.07, 6.45) is 4.12. The Morgan fingerprint density at radius 2 is 1.94 bits per heavy atom. The zero-order valence-electron chi connectivity index (χ0n) is 11.1. The molecule has 0 saturated heterocycles. The minimum atomic E-state index is 0.166. The Kier molecular flexibility index (Phi) is 5.69. The molecule has 1 unspecified atom stereocenters. The molecule has 0 aromatic carbocycles. The molecule has 0 radical (unpaired) electrons. The lowest BCUT2D eigenvalue weighted by atomic mass is 10.2. The van der Waals surface area contributed by atoms with Crippen molar-refractivity contribution in [1.82, 2.24) is 9.97 Å². The van der Waals surface area contributed by atoms with Gasteiger partial charge in [-0.1, -0.05) is 31.9 Å². The lowest BCUT2D eigenvalue weighted by molar-refractivity contribution is 0.199. The van der Waals surface area contributed by atoms with E-state index in [-0.39, 0.29) is 6.10 Å². The zero-order valence-corrected chi connectivity index (χ0v) is 11.8. The maximum absolute atomic E-state index is 6.08. The Labute approximate surface area is 109 Å². The van der Waals surface area contributed by atoms with Crippen LogP contribution in [0.2, 0.25) is 5.15 Å². The molecule has 0 saturated carbocycles. The molecule has 0 aliphatic carbocycles. The van der Waals surface area contributed by atoms with Crippen molar-refractivity contribution in [1.29, 1.82) is 0 Å². The third-order valence-corrected chi connectivity index (χ3v) is 2.94. The number of nitrogens with zero attached hydrogens (tertiary/aromatic N) is 2. The molecule has 0 N–H and O–H groups in total. The van der Waals surface area contributed by atoms with E-state index in [9.17, 15) is 0 Å². The van der Waals surface area contributed by atoms with Crippen molar-refractivity contribution in [3.63, 3.8) is 0 Å². The number of rotatable bonds is 6. The van der Waals surface area contributed by atoms with Gasteiger partial charge in [0.05, 0.1) is 6.10 Å². The molecule has 1 rings (SSSR count). The lowest BCUT2D eigenvalue weighted by Crippen LogP contribution is -2.14. The first kappa shape index (κ1) is 14.2. The fraction of sp³-hybridized carbons (Fsp3) is 0.692. The van der Waals surface area contributed by atoms with Crippen molar-refractivity contribution in [2.24, 2.45) is 0 Å². The Bertz CT molecular complexity index is 369. The van der Waals surface area contributed by atoms with Crippen LogP contribution < -0.4 is 4.74 Å². The van der Waals surface area contributed by atoms with Gasteiger partial charge in [0.25, 0.3) is 0 Å². The molecule has 1 atom stereocenters. The number of aryl methyl sites for hydroxylation is 1. The van der Waals surface area contributed by atoms with Crippen LogP contribution in [0.5, 0.6) is 5.88 Å². The van der Waals surface area contributed by atoms with Crippen molar-refractivity contribution in [3.8, 4) is 5.88 Å². The first-order valence-corrected chi connectivity index (χ1v) is 6.65. The molecule has 1 heterocycles. The van der Waals surface area contributed by atoms with Gasteiger partial charge in [0.15, 0.2) is 0 Å². The topological polar surface area (TPSA) is 35.0 Å². The Morgan fingerprint density at radius 3 is 2.53 bits per heavy atom. The fourth-order valence-corrected chi connectivity index (χ4v) is 1.80. The summed E-state index contributed by atoms with van der Waals surface area (Å²) < 4.78 is 5.82. The molecule has 4 heteroatoms. The lowest BCUT2D eigenvalue weighted by Gasteiger charge is -2.15. The fourth-order valence-electron chi connectivity index (χ4n) is 1.62. The first-order valence-electron chi connectivity index (χ1n) is 6.28. The van der Waals surface area contributed by atoms with Crippen LogP contribution >= 0.6 is 11.6 Å². The Balaban J connectivity index is 2.88. The van der Waals surface area contributed by atoms with Crippen molar-refractivity contribution in [3.05, 3.63) is 16.5 Å². The third kappa shape index (κ3) is 4.15. The molecule has 1 aromatic rings. The van der Waals surface area contributed by atoms with Crippen molar-refractivity contribution < 1.29 is 4.74 Å². The van der Waals surface area contributed by atoms with Gasteiger partial charge >= 0.3 is 0 Å². The first-order chi connectivity index (χ1) is 8.08. The normalized spacial score (nSPS) is 12.5. The number of aromatic nitrogens is 2. The second kappa shape index (κ2) is 6.80. The van der Waals surface area contributed by atoms with Crippen LogP contribution in [-0.2, 0) is 6.42 Å². The molecule has 0 amide bonds. The smallest absolute Gasteiger partial charge is 0.221 e. The summed E-state index contributed by atoms with van der Waals surface area (Å²) in [6, 6.07) is 0. The molecular formula is C13H21ClN2O. The van der Waals surface area contributed by atoms with E-state index in [1.807, 2.05) is 6.92 Å². The van der Waals surface area contributed by atoms with Crippen LogP contribution in [-0.4, -0.2) is 16.1 Å². The standard InChI is InChI=1S/C13H21ClN2O/c1-5-7-9(3)17-13-10(4)12(14)15-11(16-13)8-6-2/h9H,5-8H2,1-4H3. The summed E-state index contributed by atoms with van der Waals surface area (Å²) in [4.78, 5) is 8.68. The molecule has 0 spiro atoms. The molecule has 3 nitrogen and oxygen atoms in total. The SMILES string of the molecule is CCCc1nc(Cl)c(C)c(OC(C)CCC)n1. The summed E-state index contributed by atoms with van der Waals surface area (Å²) >= 11 is 6.08. The molecule has 0 aliphatic rings. The summed E-state index contributed by atoms with van der Waals surface area (Å²) in [7, 11) is 0. The van der Waals surface area contributed by atoms with Gasteiger partial charge in [0, 0.05) is 12.0 Å². The number of hydrogen-bond donors (Lipinski definition) is 0. The van der Waals surface area contributed by atoms with Crippen molar-refractivity contribution in [2.45, 2.75) is 59.5 Å². The zero-order chi connectivity index (χ0) is 12.8. The molecule has 0 aliphatic heterocycles. The second-order valence-corrected chi connectivity index (χ2v) is 4.69. The highest BCUT2D eigenvalue weighted by Crippen LogP contribution is 2.23. The molecule has 17 heavy (non-hydrogen) atoms. The van der Waals surface area contributed by atoms with E-state index in [0.29, 0.717) is 11.0 Å². The van der Waals surface area contributed by atoms with E-state index in [1.165, 1.54) is 0 Å². The van der Waals surface area contributed by atoms with E-state index >= 15 is 0 Å². The average molecular weight is 257 g/mol. The van der Waals surface area contributed by atoms with Gasteiger partial charge in [-0.15, -0.1) is 0 Å². The number of ether oxygens (including phenoxy) is 1. The molecule has 0 bridgehead atoms. The maximum Gasteiger partial charge on any atom is 0.221 e. The van der Waals surface area contributed by atoms with Gasteiger partial charge in [0.2, 0.25) is 5.88 Å². The minimum Gasteiger partial charge on any atom is -0.474 e. The largest absolute Gasteiger partial charge is 0.474 e. The van der Waals surface area contributed by atoms with Crippen LogP contribution in [0.4, 0.5) is 0 Å². The quantitative estimate of drug-likeness (QED) is 0.723. The van der Waals surface area contributed by atoms with Gasteiger partial charge < -0.3 is 4.74 Å². The molecule has 1 aromatic heterocycles. The van der Waals surface area contributed by atoms with Gasteiger partial charge in [-0.2, -0.15) is 4.98 Å². The van der Waals surface area contributed by atoms with E-state index in [4.69, 9.17) is 16.3 Å². The van der Waals surface area contributed by atoms with Crippen molar-refractivity contribution >= 4 is 11.6 Å². The van der Waals surface area contributed by atoms with E-state index in [1.54, 1.807) is 0 Å². The predicted octanol–water partition coefficient (Wildman–Crippen LogP) is 3.96. The average Bonchev–Trinajstić information content (AvgIpc) is 2.26. The van der Waals surface area contributed by atoms with Crippen LogP contribution in [0.3, 0.4) is 0 Å². The van der Waals surface area contributed by atoms with Crippen LogP contribution in [0.15, 0.2) is 0 Å². The number of halogens is 1. The van der Waals surface area contributed by atoms with Gasteiger partial charge in [-0.3, -0.25) is 0 Å². The minimum absolute atomic E-state index is 0.166. The number of hydrogen-bond acceptors (Lipinski definition) is 3.